The molecule has 0 saturated heterocycles. The molecule has 1 aromatic heterocycles. The van der Waals surface area contributed by atoms with Gasteiger partial charge in [-0.05, 0) is 30.2 Å². The van der Waals surface area contributed by atoms with E-state index in [2.05, 4.69) is 10.2 Å². The highest BCUT2D eigenvalue weighted by molar-refractivity contribution is 5.73. The van der Waals surface area contributed by atoms with Gasteiger partial charge in [-0.1, -0.05) is 12.1 Å². The van der Waals surface area contributed by atoms with E-state index < -0.39 is 12.0 Å². The zero-order valence-electron chi connectivity index (χ0n) is 9.65. The molecule has 0 aliphatic carbocycles. The summed E-state index contributed by atoms with van der Waals surface area (Å²) < 4.78 is 0. The summed E-state index contributed by atoms with van der Waals surface area (Å²) in [7, 11) is 0. The Hall–Kier alpha value is -2.34. The van der Waals surface area contributed by atoms with Crippen molar-refractivity contribution in [2.75, 3.05) is 0 Å². The summed E-state index contributed by atoms with van der Waals surface area (Å²) in [4.78, 5) is 10.4. The predicted molar refractivity (Wildman–Crippen MR) is 66.0 cm³/mol. The first kappa shape index (κ1) is 13.7. The van der Waals surface area contributed by atoms with Crippen molar-refractivity contribution in [2.45, 2.75) is 12.5 Å². The largest absolute Gasteiger partial charge is 0.508 e. The van der Waals surface area contributed by atoms with Crippen LogP contribution in [0.25, 0.3) is 0 Å². The van der Waals surface area contributed by atoms with Crippen molar-refractivity contribution >= 4 is 5.97 Å². The third-order valence-electron chi connectivity index (χ3n) is 2.12. The Kier molecular flexibility index (Phi) is 5.40. The monoisotopic (exact) mass is 249 g/mol. The number of nitrogens with two attached hydrogens (primary N) is 1. The molecule has 1 aromatic carbocycles. The first-order valence-electron chi connectivity index (χ1n) is 5.29. The van der Waals surface area contributed by atoms with Crippen LogP contribution in [0, 0.1) is 0 Å². The molecule has 1 atom stereocenters. The van der Waals surface area contributed by atoms with Gasteiger partial charge in [-0.15, -0.1) is 0 Å². The van der Waals surface area contributed by atoms with Crippen LogP contribution in [0.5, 0.6) is 5.75 Å². The average molecular weight is 249 g/mol. The fraction of sp³-hybridized carbons (Fsp3) is 0.167. The zero-order chi connectivity index (χ0) is 13.4. The fourth-order valence-electron chi connectivity index (χ4n) is 1.19. The van der Waals surface area contributed by atoms with Gasteiger partial charge in [-0.3, -0.25) is 9.89 Å². The molecule has 6 heteroatoms. The minimum atomic E-state index is -1.02. The molecule has 6 nitrogen and oxygen atoms in total. The first-order chi connectivity index (χ1) is 8.59. The van der Waals surface area contributed by atoms with Gasteiger partial charge in [-0.2, -0.15) is 5.10 Å². The van der Waals surface area contributed by atoms with Crippen molar-refractivity contribution in [1.82, 2.24) is 10.2 Å². The van der Waals surface area contributed by atoms with Crippen molar-refractivity contribution in [3.63, 3.8) is 0 Å². The van der Waals surface area contributed by atoms with Gasteiger partial charge in [0.2, 0.25) is 0 Å². The summed E-state index contributed by atoms with van der Waals surface area (Å²) in [5.74, 6) is -0.860. The number of carboxylic acids is 1. The molecule has 0 aliphatic rings. The lowest BCUT2D eigenvalue weighted by atomic mass is 10.1. The van der Waals surface area contributed by atoms with Crippen molar-refractivity contribution in [3.8, 4) is 5.75 Å². The molecule has 2 aromatic rings. The number of aliphatic carboxylic acids is 1. The lowest BCUT2D eigenvalue weighted by molar-refractivity contribution is -0.138. The number of aromatic amines is 1. The van der Waals surface area contributed by atoms with E-state index in [1.165, 1.54) is 12.1 Å². The maximum absolute atomic E-state index is 10.4. The third kappa shape index (κ3) is 5.13. The second-order valence-electron chi connectivity index (χ2n) is 3.58. The van der Waals surface area contributed by atoms with Crippen molar-refractivity contribution in [3.05, 3.63) is 48.3 Å². The van der Waals surface area contributed by atoms with E-state index in [9.17, 15) is 4.79 Å². The molecule has 18 heavy (non-hydrogen) atoms. The Bertz CT molecular complexity index is 437. The number of aromatic hydroxyl groups is 1. The number of carboxylic acid groups (broad SMARTS) is 1. The molecule has 0 aliphatic heterocycles. The fourth-order valence-corrected chi connectivity index (χ4v) is 1.19. The standard InChI is InChI=1S/C9H11NO3.C3H4N2/c10-8(9(12)13)5-6-1-3-7(11)4-2-6;1-2-4-5-3-1/h1-4,8,11H,5,10H2,(H,12,13);1-3H,(H,4,5). The number of rotatable bonds is 3. The summed E-state index contributed by atoms with van der Waals surface area (Å²) in [6.07, 6.45) is 3.73. The van der Waals surface area contributed by atoms with Crippen LogP contribution in [0.1, 0.15) is 5.56 Å². The van der Waals surface area contributed by atoms with Gasteiger partial charge in [0, 0.05) is 12.4 Å². The summed E-state index contributed by atoms with van der Waals surface area (Å²) >= 11 is 0. The quantitative estimate of drug-likeness (QED) is 0.641. The number of hydrogen-bond acceptors (Lipinski definition) is 4. The zero-order valence-corrected chi connectivity index (χ0v) is 9.65. The highest BCUT2D eigenvalue weighted by Gasteiger charge is 2.11. The smallest absolute Gasteiger partial charge is 0.320 e. The van der Waals surface area contributed by atoms with Gasteiger partial charge in [0.05, 0.1) is 0 Å². The molecule has 2 rings (SSSR count). The minimum absolute atomic E-state index is 0.160. The first-order valence-corrected chi connectivity index (χ1v) is 5.29. The number of benzene rings is 1. The lowest BCUT2D eigenvalue weighted by Crippen LogP contribution is -2.32. The number of hydrogen-bond donors (Lipinski definition) is 4. The number of nitrogens with one attached hydrogen (secondary N) is 1. The molecule has 0 spiro atoms. The van der Waals surface area contributed by atoms with E-state index in [1.807, 2.05) is 6.07 Å². The van der Waals surface area contributed by atoms with Crippen molar-refractivity contribution in [2.24, 2.45) is 5.73 Å². The number of phenols is 1. The van der Waals surface area contributed by atoms with Gasteiger partial charge in [0.25, 0.3) is 0 Å². The van der Waals surface area contributed by atoms with E-state index in [1.54, 1.807) is 24.5 Å². The van der Waals surface area contributed by atoms with E-state index in [0.29, 0.717) is 0 Å². The Labute approximate surface area is 104 Å². The lowest BCUT2D eigenvalue weighted by Gasteiger charge is -2.05. The van der Waals surface area contributed by atoms with Crippen LogP contribution in [0.3, 0.4) is 0 Å². The summed E-state index contributed by atoms with van der Waals surface area (Å²) in [5.41, 5.74) is 6.12. The van der Waals surface area contributed by atoms with Crippen molar-refractivity contribution in [1.29, 1.82) is 0 Å². The average Bonchev–Trinajstić information content (AvgIpc) is 2.90. The Morgan fingerprint density at radius 2 is 2.06 bits per heavy atom. The highest BCUT2D eigenvalue weighted by Crippen LogP contribution is 2.10. The minimum Gasteiger partial charge on any atom is -0.508 e. The molecule has 0 fully saturated rings. The van der Waals surface area contributed by atoms with Gasteiger partial charge in [-0.25, -0.2) is 0 Å². The molecular formula is C12H15N3O3. The van der Waals surface area contributed by atoms with Crippen LogP contribution in [-0.2, 0) is 11.2 Å². The van der Waals surface area contributed by atoms with E-state index in [-0.39, 0.29) is 12.2 Å². The normalized spacial score (nSPS) is 11.2. The van der Waals surface area contributed by atoms with Gasteiger partial charge < -0.3 is 15.9 Å². The molecule has 1 heterocycles. The SMILES string of the molecule is NC(Cc1ccc(O)cc1)C(=O)O.c1cn[nH]c1. The maximum atomic E-state index is 10.4. The van der Waals surface area contributed by atoms with E-state index in [0.717, 1.165) is 5.56 Å². The topological polar surface area (TPSA) is 112 Å². The third-order valence-corrected chi connectivity index (χ3v) is 2.12. The molecule has 0 radical (unpaired) electrons. The molecule has 96 valence electrons. The molecule has 0 bridgehead atoms. The van der Waals surface area contributed by atoms with Crippen LogP contribution in [0.15, 0.2) is 42.7 Å². The molecule has 0 saturated carbocycles. The van der Waals surface area contributed by atoms with E-state index in [4.69, 9.17) is 15.9 Å². The number of phenolic OH excluding ortho intramolecular Hbond substituents is 1. The Morgan fingerprint density at radius 3 is 2.44 bits per heavy atom. The second-order valence-corrected chi connectivity index (χ2v) is 3.58. The number of H-pyrrole nitrogens is 1. The summed E-state index contributed by atoms with van der Waals surface area (Å²) in [5, 5.41) is 23.7. The molecule has 5 N–H and O–H groups in total. The van der Waals surface area contributed by atoms with Crippen LogP contribution >= 0.6 is 0 Å². The highest BCUT2D eigenvalue weighted by atomic mass is 16.4. The Balaban J connectivity index is 0.000000269. The second kappa shape index (κ2) is 7.08. The number of carbonyl (C=O) groups is 1. The molecule has 1 unspecified atom stereocenters. The Morgan fingerprint density at radius 1 is 1.39 bits per heavy atom. The number of nitrogens with zero attached hydrogens (tertiary/aromatic N) is 1. The maximum Gasteiger partial charge on any atom is 0.320 e. The van der Waals surface area contributed by atoms with E-state index >= 15 is 0 Å². The summed E-state index contributed by atoms with van der Waals surface area (Å²) in [6, 6.07) is 7.26. The van der Waals surface area contributed by atoms with Crippen LogP contribution in [-0.4, -0.2) is 32.4 Å². The number of aromatic nitrogens is 2. The summed E-state index contributed by atoms with van der Waals surface area (Å²) in [6.45, 7) is 0. The van der Waals surface area contributed by atoms with Gasteiger partial charge in [0.15, 0.2) is 0 Å². The van der Waals surface area contributed by atoms with Crippen molar-refractivity contribution < 1.29 is 15.0 Å². The molecular weight excluding hydrogens is 234 g/mol. The van der Waals surface area contributed by atoms with Crippen LogP contribution in [0.4, 0.5) is 0 Å². The predicted octanol–water partition coefficient (Wildman–Crippen LogP) is 0.756. The van der Waals surface area contributed by atoms with Crippen LogP contribution in [0.2, 0.25) is 0 Å². The van der Waals surface area contributed by atoms with Crippen LogP contribution < -0.4 is 5.73 Å². The molecule has 0 amide bonds. The van der Waals surface area contributed by atoms with Gasteiger partial charge >= 0.3 is 5.97 Å². The van der Waals surface area contributed by atoms with Gasteiger partial charge in [0.1, 0.15) is 11.8 Å².